The largest absolute Gasteiger partial charge is 0.339 e. The van der Waals surface area contributed by atoms with E-state index in [0.29, 0.717) is 6.54 Å². The Labute approximate surface area is 120 Å². The molecule has 5 rings (SSSR count). The molecule has 0 aliphatic heterocycles. The van der Waals surface area contributed by atoms with Gasteiger partial charge in [-0.05, 0) is 62.7 Å². The van der Waals surface area contributed by atoms with E-state index >= 15 is 0 Å². The Morgan fingerprint density at radius 2 is 1.80 bits per heavy atom. The molecule has 0 saturated heterocycles. The van der Waals surface area contributed by atoms with Crippen LogP contribution in [0.25, 0.3) is 0 Å². The predicted molar refractivity (Wildman–Crippen MR) is 76.2 cm³/mol. The van der Waals surface area contributed by atoms with E-state index in [2.05, 4.69) is 12.1 Å². The van der Waals surface area contributed by atoms with Gasteiger partial charge in [-0.3, -0.25) is 0 Å². The fraction of sp³-hybridized carbons (Fsp3) is 0.875. The van der Waals surface area contributed by atoms with E-state index in [1.807, 2.05) is 0 Å². The van der Waals surface area contributed by atoms with Crippen molar-refractivity contribution < 1.29 is 4.52 Å². The smallest absolute Gasteiger partial charge is 0.231 e. The second-order valence-electron chi connectivity index (χ2n) is 7.49. The molecule has 0 radical (unpaired) electrons. The molecule has 4 nitrogen and oxygen atoms in total. The number of nitrogens with zero attached hydrogens (tertiary/aromatic N) is 2. The van der Waals surface area contributed by atoms with E-state index in [1.54, 1.807) is 0 Å². The predicted octanol–water partition coefficient (Wildman–Crippen LogP) is 2.99. The minimum Gasteiger partial charge on any atom is -0.339 e. The third kappa shape index (κ3) is 1.84. The van der Waals surface area contributed by atoms with E-state index in [-0.39, 0.29) is 11.3 Å². The molecule has 4 aliphatic carbocycles. The molecule has 110 valence electrons. The van der Waals surface area contributed by atoms with Gasteiger partial charge >= 0.3 is 0 Å². The van der Waals surface area contributed by atoms with E-state index in [0.717, 1.165) is 35.9 Å². The average Bonchev–Trinajstić information content (AvgIpc) is 2.89. The van der Waals surface area contributed by atoms with Gasteiger partial charge in [-0.1, -0.05) is 12.1 Å². The fourth-order valence-corrected chi connectivity index (χ4v) is 5.44. The third-order valence-corrected chi connectivity index (χ3v) is 6.08. The van der Waals surface area contributed by atoms with E-state index in [1.165, 1.54) is 38.5 Å². The van der Waals surface area contributed by atoms with Gasteiger partial charge in [0.05, 0.1) is 5.92 Å². The molecule has 4 bridgehead atoms. The van der Waals surface area contributed by atoms with Gasteiger partial charge in [-0.15, -0.1) is 0 Å². The van der Waals surface area contributed by atoms with Crippen molar-refractivity contribution in [2.45, 2.75) is 63.2 Å². The molecule has 0 aromatic carbocycles. The SMILES string of the molecule is CCC(CN)c1nc(C23CC4CC(CC(C4)C2)C3)no1. The lowest BCUT2D eigenvalue weighted by Crippen LogP contribution is -2.49. The van der Waals surface area contributed by atoms with Crippen molar-refractivity contribution in [1.82, 2.24) is 10.1 Å². The average molecular weight is 275 g/mol. The summed E-state index contributed by atoms with van der Waals surface area (Å²) in [5.41, 5.74) is 6.04. The molecule has 1 aromatic heterocycles. The van der Waals surface area contributed by atoms with Crippen LogP contribution in [-0.4, -0.2) is 16.7 Å². The minimum atomic E-state index is 0.227. The molecule has 20 heavy (non-hydrogen) atoms. The lowest BCUT2D eigenvalue weighted by Gasteiger charge is -2.55. The highest BCUT2D eigenvalue weighted by atomic mass is 16.5. The third-order valence-electron chi connectivity index (χ3n) is 6.08. The summed E-state index contributed by atoms with van der Waals surface area (Å²) in [7, 11) is 0. The lowest BCUT2D eigenvalue weighted by molar-refractivity contribution is -0.0103. The topological polar surface area (TPSA) is 64.9 Å². The first-order valence-corrected chi connectivity index (χ1v) is 8.26. The van der Waals surface area contributed by atoms with Crippen molar-refractivity contribution in [3.05, 3.63) is 11.7 Å². The van der Waals surface area contributed by atoms with Crippen molar-refractivity contribution in [2.75, 3.05) is 6.54 Å². The van der Waals surface area contributed by atoms with Crippen LogP contribution in [0.3, 0.4) is 0 Å². The summed E-state index contributed by atoms with van der Waals surface area (Å²) in [6, 6.07) is 0. The normalized spacial score (nSPS) is 40.2. The van der Waals surface area contributed by atoms with Crippen LogP contribution in [0.4, 0.5) is 0 Å². The van der Waals surface area contributed by atoms with Crippen molar-refractivity contribution in [3.63, 3.8) is 0 Å². The molecule has 0 amide bonds. The zero-order valence-corrected chi connectivity index (χ0v) is 12.3. The molecule has 1 atom stereocenters. The van der Waals surface area contributed by atoms with Crippen LogP contribution in [0.1, 0.15) is 69.5 Å². The Balaban J connectivity index is 1.64. The second-order valence-corrected chi connectivity index (χ2v) is 7.49. The van der Waals surface area contributed by atoms with Gasteiger partial charge in [-0.2, -0.15) is 4.98 Å². The van der Waals surface area contributed by atoms with Crippen molar-refractivity contribution in [3.8, 4) is 0 Å². The monoisotopic (exact) mass is 275 g/mol. The summed E-state index contributed by atoms with van der Waals surface area (Å²) in [5, 5.41) is 4.38. The molecule has 4 saturated carbocycles. The van der Waals surface area contributed by atoms with Gasteiger partial charge in [0.1, 0.15) is 0 Å². The number of nitrogens with two attached hydrogens (primary N) is 1. The Bertz CT molecular complexity index is 456. The highest BCUT2D eigenvalue weighted by Gasteiger charge is 2.53. The van der Waals surface area contributed by atoms with E-state index in [4.69, 9.17) is 15.2 Å². The van der Waals surface area contributed by atoms with Crippen molar-refractivity contribution >= 4 is 0 Å². The van der Waals surface area contributed by atoms with Crippen LogP contribution >= 0.6 is 0 Å². The van der Waals surface area contributed by atoms with Gasteiger partial charge in [0.2, 0.25) is 5.89 Å². The van der Waals surface area contributed by atoms with Gasteiger partial charge in [-0.25, -0.2) is 0 Å². The zero-order chi connectivity index (χ0) is 13.7. The summed E-state index contributed by atoms with van der Waals surface area (Å²) < 4.78 is 5.56. The van der Waals surface area contributed by atoms with Crippen LogP contribution < -0.4 is 5.73 Å². The Morgan fingerprint density at radius 1 is 1.20 bits per heavy atom. The van der Waals surface area contributed by atoms with Crippen LogP contribution in [0.5, 0.6) is 0 Å². The molecule has 1 heterocycles. The zero-order valence-electron chi connectivity index (χ0n) is 12.3. The Morgan fingerprint density at radius 3 is 2.30 bits per heavy atom. The fourth-order valence-electron chi connectivity index (χ4n) is 5.44. The van der Waals surface area contributed by atoms with Crippen LogP contribution in [0.2, 0.25) is 0 Å². The van der Waals surface area contributed by atoms with Gasteiger partial charge in [0, 0.05) is 12.0 Å². The van der Waals surface area contributed by atoms with Crippen molar-refractivity contribution in [2.24, 2.45) is 23.5 Å². The van der Waals surface area contributed by atoms with Gasteiger partial charge in [0.25, 0.3) is 0 Å². The molecule has 0 spiro atoms. The molecular weight excluding hydrogens is 250 g/mol. The Hall–Kier alpha value is -0.900. The maximum atomic E-state index is 5.80. The summed E-state index contributed by atoms with van der Waals surface area (Å²) in [4.78, 5) is 4.78. The van der Waals surface area contributed by atoms with Crippen LogP contribution in [0, 0.1) is 17.8 Å². The number of aromatic nitrogens is 2. The van der Waals surface area contributed by atoms with Crippen LogP contribution in [0.15, 0.2) is 4.52 Å². The molecule has 4 fully saturated rings. The summed E-state index contributed by atoms with van der Waals surface area (Å²) in [6.45, 7) is 2.73. The van der Waals surface area contributed by atoms with Crippen LogP contribution in [-0.2, 0) is 5.41 Å². The van der Waals surface area contributed by atoms with E-state index < -0.39 is 0 Å². The molecular formula is C16H25N3O. The highest BCUT2D eigenvalue weighted by molar-refractivity contribution is 5.17. The number of rotatable bonds is 4. The Kier molecular flexibility index (Phi) is 2.92. The summed E-state index contributed by atoms with van der Waals surface area (Å²) >= 11 is 0. The number of hydrogen-bond donors (Lipinski definition) is 1. The lowest BCUT2D eigenvalue weighted by atomic mass is 9.49. The molecule has 1 unspecified atom stereocenters. The second kappa shape index (κ2) is 4.55. The summed E-state index contributed by atoms with van der Waals surface area (Å²) in [6.07, 6.45) is 9.18. The maximum absolute atomic E-state index is 5.80. The molecule has 1 aromatic rings. The first-order valence-electron chi connectivity index (χ1n) is 8.26. The molecule has 4 heteroatoms. The minimum absolute atomic E-state index is 0.227. The quantitative estimate of drug-likeness (QED) is 0.917. The standard InChI is InChI=1S/C16H25N3O/c1-2-13(9-17)14-18-15(19-20-14)16-6-10-3-11(7-16)5-12(4-10)8-16/h10-13H,2-9,17H2,1H3. The summed E-state index contributed by atoms with van der Waals surface area (Å²) in [5.74, 6) is 4.74. The van der Waals surface area contributed by atoms with Gasteiger partial charge < -0.3 is 10.3 Å². The first-order chi connectivity index (χ1) is 9.72. The molecule has 2 N–H and O–H groups in total. The van der Waals surface area contributed by atoms with E-state index in [9.17, 15) is 0 Å². The van der Waals surface area contributed by atoms with Crippen molar-refractivity contribution in [1.29, 1.82) is 0 Å². The first kappa shape index (κ1) is 12.8. The molecule has 4 aliphatic rings. The van der Waals surface area contributed by atoms with Gasteiger partial charge in [0.15, 0.2) is 5.82 Å². The maximum Gasteiger partial charge on any atom is 0.231 e. The highest BCUT2D eigenvalue weighted by Crippen LogP contribution is 2.60. The number of hydrogen-bond acceptors (Lipinski definition) is 4.